The van der Waals surface area contributed by atoms with Gasteiger partial charge in [-0.3, -0.25) is 17.1 Å². The zero-order chi connectivity index (χ0) is 13.5. The molecule has 1 aliphatic heterocycles. The van der Waals surface area contributed by atoms with E-state index in [2.05, 4.69) is 33.0 Å². The molecule has 7 heteroatoms. The van der Waals surface area contributed by atoms with Crippen LogP contribution in [0.5, 0.6) is 0 Å². The van der Waals surface area contributed by atoms with E-state index in [0.717, 1.165) is 0 Å². The number of aromatic nitrogens is 1. The summed E-state index contributed by atoms with van der Waals surface area (Å²) >= 11 is 3.17. The second-order valence-corrected chi connectivity index (χ2v) is 5.17. The van der Waals surface area contributed by atoms with E-state index in [0.29, 0.717) is 10.0 Å². The van der Waals surface area contributed by atoms with E-state index in [1.807, 2.05) is 0 Å². The van der Waals surface area contributed by atoms with Crippen molar-refractivity contribution < 1.29 is 65.2 Å². The first-order valence-corrected chi connectivity index (χ1v) is 6.38. The van der Waals surface area contributed by atoms with Crippen LogP contribution in [-0.4, -0.2) is 11.6 Å². The maximum absolute atomic E-state index is 14.6. The summed E-state index contributed by atoms with van der Waals surface area (Å²) in [5.41, 5.74) is -1.64. The molecule has 1 unspecified atom stereocenters. The maximum Gasteiger partial charge on any atom is 0.320 e. The second-order valence-electron chi connectivity index (χ2n) is 4.25. The smallest absolute Gasteiger partial charge is 0.320 e. The van der Waals surface area contributed by atoms with Gasteiger partial charge in [0.1, 0.15) is 11.3 Å². The zero-order valence-corrected chi connectivity index (χ0v) is 19.4. The first-order valence-electron chi connectivity index (χ1n) is 5.58. The third-order valence-corrected chi connectivity index (χ3v) is 3.55. The number of hydrogen-bond donors (Lipinski definition) is 0. The van der Waals surface area contributed by atoms with Crippen LogP contribution in [-0.2, 0) is 67.9 Å². The van der Waals surface area contributed by atoms with Crippen LogP contribution >= 0.6 is 15.9 Å². The van der Waals surface area contributed by atoms with Gasteiger partial charge in [0.25, 0.3) is 0 Å². The van der Waals surface area contributed by atoms with Crippen LogP contribution in [0.2, 0.25) is 0 Å². The molecule has 0 saturated carbocycles. The zero-order valence-electron chi connectivity index (χ0n) is 10.7. The molecule has 2 nitrogen and oxygen atoms in total. The molecule has 106 valence electrons. The average Bonchev–Trinajstić information content (AvgIpc) is 3.22. The van der Waals surface area contributed by atoms with Crippen LogP contribution in [0.4, 0.5) is 8.78 Å². The van der Waals surface area contributed by atoms with Crippen molar-refractivity contribution in [3.05, 3.63) is 64.4 Å². The van der Waals surface area contributed by atoms with Crippen LogP contribution in [0, 0.1) is 12.1 Å². The van der Waals surface area contributed by atoms with Crippen molar-refractivity contribution >= 4 is 15.9 Å². The molecular weight excluding hydrogens is 673 g/mol. The number of hydrogen-bond acceptors (Lipinski definition) is 2. The van der Waals surface area contributed by atoms with Crippen molar-refractivity contribution in [1.82, 2.24) is 4.98 Å². The Balaban J connectivity index is 0.00000110. The molecule has 1 aromatic carbocycles. The quantitative estimate of drug-likeness (QED) is 0.282. The number of nitrogens with zero attached hydrogens (tertiary/aromatic N) is 1. The molecule has 0 radical (unpaired) electrons. The minimum atomic E-state index is -3.20. The summed E-state index contributed by atoms with van der Waals surface area (Å²) in [6.45, 7) is -0.0434. The molecule has 0 aliphatic carbocycles. The molecule has 0 amide bonds. The number of rotatable bonds is 3. The van der Waals surface area contributed by atoms with Crippen molar-refractivity contribution in [1.29, 1.82) is 0 Å². The molecule has 0 N–H and O–H groups in total. The van der Waals surface area contributed by atoms with Gasteiger partial charge in [0.15, 0.2) is 0 Å². The van der Waals surface area contributed by atoms with Crippen molar-refractivity contribution in [2.24, 2.45) is 0 Å². The average molecular weight is 681 g/mol. The third-order valence-electron chi connectivity index (χ3n) is 3.08. The molecule has 3 rings (SSSR count). The Kier molecular flexibility index (Phi) is 6.78. The number of alkyl halides is 2. The minimum absolute atomic E-state index is 0. The number of benzene rings is 1. The Morgan fingerprint density at radius 2 is 2.00 bits per heavy atom. The van der Waals surface area contributed by atoms with Gasteiger partial charge in [-0.2, -0.15) is 8.78 Å². The first kappa shape index (κ1) is 19.5. The number of halogens is 3. The fourth-order valence-electron chi connectivity index (χ4n) is 1.94. The first-order chi connectivity index (χ1) is 9.06. The Labute approximate surface area is 167 Å². The Morgan fingerprint density at radius 3 is 2.48 bits per heavy atom. The Bertz CT molecular complexity index is 592. The summed E-state index contributed by atoms with van der Waals surface area (Å²) in [6.07, 6.45) is 1.35. The number of epoxide rings is 1. The molecule has 0 bridgehead atoms. The summed E-state index contributed by atoms with van der Waals surface area (Å²) in [6, 6.07) is 12.9. The van der Waals surface area contributed by atoms with Gasteiger partial charge < -0.3 is 22.9 Å². The van der Waals surface area contributed by atoms with Crippen LogP contribution in [0.25, 0.3) is 0 Å². The van der Waals surface area contributed by atoms with Gasteiger partial charge >= 0.3 is 5.92 Å². The predicted octanol–water partition coefficient (Wildman–Crippen LogP) is 3.46. The summed E-state index contributed by atoms with van der Waals surface area (Å²) in [5, 5.41) is 0. The maximum atomic E-state index is 14.6. The molecule has 1 aromatic heterocycles. The van der Waals surface area contributed by atoms with Crippen molar-refractivity contribution in [3.8, 4) is 0 Å². The van der Waals surface area contributed by atoms with Gasteiger partial charge in [-0.25, -0.2) is 5.56 Å². The molecule has 1 saturated heterocycles. The van der Waals surface area contributed by atoms with E-state index in [4.69, 9.17) is 4.74 Å². The largest absolute Gasteiger partial charge is 0.362 e. The minimum Gasteiger partial charge on any atom is -0.362 e. The van der Waals surface area contributed by atoms with Crippen LogP contribution in [0.1, 0.15) is 11.3 Å². The molecule has 21 heavy (non-hydrogen) atoms. The molecule has 1 aliphatic rings. The Morgan fingerprint density at radius 1 is 1.29 bits per heavy atom. The molecular formula is C14H8BrF2Hf2NO-2. The third kappa shape index (κ3) is 3.51. The van der Waals surface area contributed by atoms with Crippen molar-refractivity contribution in [2.45, 2.75) is 11.5 Å². The fraction of sp³-hybridized carbons (Fsp3) is 0.214. The van der Waals surface area contributed by atoms with Crippen molar-refractivity contribution in [2.75, 3.05) is 6.61 Å². The normalized spacial score (nSPS) is 20.1. The second kappa shape index (κ2) is 7.32. The van der Waals surface area contributed by atoms with Crippen molar-refractivity contribution in [3.63, 3.8) is 0 Å². The van der Waals surface area contributed by atoms with Crippen LogP contribution in [0.15, 0.2) is 41.0 Å². The summed E-state index contributed by atoms with van der Waals surface area (Å²) in [7, 11) is 0. The van der Waals surface area contributed by atoms with Crippen LogP contribution in [0.3, 0.4) is 0 Å². The SMILES string of the molecule is FC(F)(c1ccc(Br)cn1)C1(c2[c-]c[c-]cc2)CO1.[Hf].[Hf]. The predicted molar refractivity (Wildman–Crippen MR) is 67.6 cm³/mol. The molecule has 0 spiro atoms. The molecule has 2 heterocycles. The van der Waals surface area contributed by atoms with Crippen LogP contribution < -0.4 is 0 Å². The van der Waals surface area contributed by atoms with E-state index in [9.17, 15) is 8.78 Å². The number of ether oxygens (including phenoxy) is 1. The molecule has 1 fully saturated rings. The monoisotopic (exact) mass is 683 g/mol. The van der Waals surface area contributed by atoms with E-state index >= 15 is 0 Å². The summed E-state index contributed by atoms with van der Waals surface area (Å²) in [5.74, 6) is -3.20. The summed E-state index contributed by atoms with van der Waals surface area (Å²) < 4.78 is 34.9. The van der Waals surface area contributed by atoms with Gasteiger partial charge in [-0.05, 0) is 28.1 Å². The van der Waals surface area contributed by atoms with Gasteiger partial charge in [0, 0.05) is 62.4 Å². The van der Waals surface area contributed by atoms with Gasteiger partial charge in [-0.15, -0.1) is 0 Å². The fourth-order valence-corrected chi connectivity index (χ4v) is 2.18. The molecule has 2 aromatic rings. The van der Waals surface area contributed by atoms with Gasteiger partial charge in [-0.1, -0.05) is 0 Å². The van der Waals surface area contributed by atoms with E-state index in [1.165, 1.54) is 24.4 Å². The van der Waals surface area contributed by atoms with E-state index < -0.39 is 11.5 Å². The number of pyridine rings is 1. The topological polar surface area (TPSA) is 25.4 Å². The van der Waals surface area contributed by atoms with Gasteiger partial charge in [0.2, 0.25) is 0 Å². The van der Waals surface area contributed by atoms with Gasteiger partial charge in [0.05, 0.1) is 6.61 Å². The summed E-state index contributed by atoms with van der Waals surface area (Å²) in [4.78, 5) is 3.78. The van der Waals surface area contributed by atoms with E-state index in [-0.39, 0.29) is 64.0 Å². The standard InChI is InChI=1S/C14H8BrF2NO.2Hf/c15-11-6-7-12(18-8-11)14(16,17)13(9-19-13)10-4-2-1-3-5-10;;/h2-4,6-8H,9H2;;/q-2;;. The Hall–Kier alpha value is 0.410. The van der Waals surface area contributed by atoms with E-state index in [1.54, 1.807) is 12.1 Å². The molecule has 1 atom stereocenters.